The van der Waals surface area contributed by atoms with E-state index in [9.17, 15) is 4.39 Å². The fourth-order valence-electron chi connectivity index (χ4n) is 1.44. The summed E-state index contributed by atoms with van der Waals surface area (Å²) >= 11 is 3.27. The molecule has 0 saturated carbocycles. The molecule has 100 valence electrons. The van der Waals surface area contributed by atoms with Crippen molar-refractivity contribution in [1.82, 2.24) is 9.97 Å². The lowest BCUT2D eigenvalue weighted by Gasteiger charge is -2.07. The molecule has 0 fully saturated rings. The first kappa shape index (κ1) is 13.7. The van der Waals surface area contributed by atoms with Crippen LogP contribution in [0.1, 0.15) is 12.6 Å². The Balaban J connectivity index is 2.00. The first-order chi connectivity index (χ1) is 9.19. The van der Waals surface area contributed by atoms with Crippen LogP contribution in [0.2, 0.25) is 0 Å². The second-order valence-electron chi connectivity index (χ2n) is 3.79. The number of hydrogen-bond acceptors (Lipinski definition) is 4. The van der Waals surface area contributed by atoms with E-state index in [0.717, 1.165) is 11.0 Å². The van der Waals surface area contributed by atoms with Crippen LogP contribution in [-0.4, -0.2) is 16.5 Å². The third kappa shape index (κ3) is 3.89. The van der Waals surface area contributed by atoms with Gasteiger partial charge in [-0.05, 0) is 25.1 Å². The molecule has 0 bridgehead atoms. The van der Waals surface area contributed by atoms with Crippen molar-refractivity contribution >= 4 is 21.7 Å². The van der Waals surface area contributed by atoms with Crippen molar-refractivity contribution < 1.29 is 9.13 Å². The van der Waals surface area contributed by atoms with Crippen LogP contribution in [0, 0.1) is 5.82 Å². The molecule has 0 spiro atoms. The normalized spacial score (nSPS) is 10.3. The average molecular weight is 326 g/mol. The Bertz CT molecular complexity index is 548. The van der Waals surface area contributed by atoms with Crippen molar-refractivity contribution in [1.29, 1.82) is 0 Å². The van der Waals surface area contributed by atoms with Crippen molar-refractivity contribution in [2.45, 2.75) is 13.5 Å². The summed E-state index contributed by atoms with van der Waals surface area (Å²) in [7, 11) is 0. The predicted molar refractivity (Wildman–Crippen MR) is 74.6 cm³/mol. The molecule has 6 heteroatoms. The summed E-state index contributed by atoms with van der Waals surface area (Å²) in [4.78, 5) is 8.34. The van der Waals surface area contributed by atoms with Crippen LogP contribution in [0.15, 0.2) is 35.1 Å². The minimum absolute atomic E-state index is 0.173. The Kier molecular flexibility index (Phi) is 4.68. The average Bonchev–Trinajstić information content (AvgIpc) is 2.42. The van der Waals surface area contributed by atoms with Gasteiger partial charge in [-0.1, -0.05) is 15.9 Å². The molecule has 19 heavy (non-hydrogen) atoms. The van der Waals surface area contributed by atoms with Crippen LogP contribution in [0.5, 0.6) is 5.75 Å². The van der Waals surface area contributed by atoms with Gasteiger partial charge in [0.05, 0.1) is 18.1 Å². The minimum atomic E-state index is -0.402. The lowest BCUT2D eigenvalue weighted by Crippen LogP contribution is -2.04. The van der Waals surface area contributed by atoms with E-state index in [2.05, 4.69) is 31.2 Å². The van der Waals surface area contributed by atoms with E-state index < -0.39 is 5.82 Å². The van der Waals surface area contributed by atoms with Gasteiger partial charge in [0.15, 0.2) is 11.6 Å². The molecule has 1 N–H and O–H groups in total. The van der Waals surface area contributed by atoms with Crippen molar-refractivity contribution in [2.24, 2.45) is 0 Å². The van der Waals surface area contributed by atoms with Gasteiger partial charge in [0, 0.05) is 11.0 Å². The Hall–Kier alpha value is -1.69. The molecule has 0 aliphatic carbocycles. The zero-order valence-corrected chi connectivity index (χ0v) is 11.9. The summed E-state index contributed by atoms with van der Waals surface area (Å²) < 4.78 is 19.6. The van der Waals surface area contributed by atoms with Crippen molar-refractivity contribution in [3.8, 4) is 5.75 Å². The van der Waals surface area contributed by atoms with E-state index in [1.807, 2.05) is 6.92 Å². The highest BCUT2D eigenvalue weighted by molar-refractivity contribution is 9.10. The van der Waals surface area contributed by atoms with Gasteiger partial charge in [0.25, 0.3) is 0 Å². The van der Waals surface area contributed by atoms with Gasteiger partial charge in [-0.25, -0.2) is 9.37 Å². The maximum absolute atomic E-state index is 13.4. The number of rotatable bonds is 5. The summed E-state index contributed by atoms with van der Waals surface area (Å²) in [6.45, 7) is 2.94. The van der Waals surface area contributed by atoms with Crippen LogP contribution in [0.25, 0.3) is 0 Å². The molecule has 2 rings (SSSR count). The molecule has 0 atom stereocenters. The zero-order chi connectivity index (χ0) is 13.7. The largest absolute Gasteiger partial charge is 0.484 e. The van der Waals surface area contributed by atoms with Gasteiger partial charge < -0.3 is 10.1 Å². The SMILES string of the molecule is CCNc1cnc(COc2cc(Br)ccc2F)cn1. The number of nitrogens with one attached hydrogen (secondary N) is 1. The summed E-state index contributed by atoms with van der Waals surface area (Å²) in [5.41, 5.74) is 0.640. The van der Waals surface area contributed by atoms with Gasteiger partial charge in [-0.3, -0.25) is 4.98 Å². The molecule has 0 aliphatic rings. The second kappa shape index (κ2) is 6.47. The van der Waals surface area contributed by atoms with Crippen molar-refractivity contribution in [2.75, 3.05) is 11.9 Å². The lowest BCUT2D eigenvalue weighted by molar-refractivity contribution is 0.285. The number of halogens is 2. The Morgan fingerprint density at radius 3 is 2.84 bits per heavy atom. The highest BCUT2D eigenvalue weighted by atomic mass is 79.9. The fraction of sp³-hybridized carbons (Fsp3) is 0.231. The van der Waals surface area contributed by atoms with Crippen LogP contribution in [-0.2, 0) is 6.61 Å². The molecule has 1 aromatic carbocycles. The second-order valence-corrected chi connectivity index (χ2v) is 4.70. The quantitative estimate of drug-likeness (QED) is 0.915. The molecule has 2 aromatic rings. The summed E-state index contributed by atoms with van der Waals surface area (Å²) in [5, 5.41) is 3.04. The molecule has 1 aromatic heterocycles. The molecule has 1 heterocycles. The maximum atomic E-state index is 13.4. The van der Waals surface area contributed by atoms with Gasteiger partial charge in [-0.15, -0.1) is 0 Å². The number of aromatic nitrogens is 2. The summed E-state index contributed by atoms with van der Waals surface area (Å²) in [6, 6.07) is 4.54. The monoisotopic (exact) mass is 325 g/mol. The molecule has 4 nitrogen and oxygen atoms in total. The highest BCUT2D eigenvalue weighted by Crippen LogP contribution is 2.22. The van der Waals surface area contributed by atoms with E-state index in [1.165, 1.54) is 6.07 Å². The molecule has 0 saturated heterocycles. The van der Waals surface area contributed by atoms with Crippen LogP contribution < -0.4 is 10.1 Å². The Morgan fingerprint density at radius 2 is 2.16 bits per heavy atom. The van der Waals surface area contributed by atoms with E-state index >= 15 is 0 Å². The maximum Gasteiger partial charge on any atom is 0.165 e. The van der Waals surface area contributed by atoms with Crippen LogP contribution >= 0.6 is 15.9 Å². The minimum Gasteiger partial charge on any atom is -0.484 e. The summed E-state index contributed by atoms with van der Waals surface area (Å²) in [6.07, 6.45) is 3.23. The van der Waals surface area contributed by atoms with Gasteiger partial charge in [0.2, 0.25) is 0 Å². The third-order valence-corrected chi connectivity index (χ3v) is 2.83. The number of benzene rings is 1. The number of ether oxygens (including phenoxy) is 1. The highest BCUT2D eigenvalue weighted by Gasteiger charge is 2.05. The standard InChI is InChI=1S/C13H13BrFN3O/c1-2-16-13-7-17-10(6-18-13)8-19-12-5-9(14)3-4-11(12)15/h3-7H,2,8H2,1H3,(H,16,18). The number of nitrogens with zero attached hydrogens (tertiary/aromatic N) is 2. The van der Waals surface area contributed by atoms with Crippen molar-refractivity contribution in [3.05, 3.63) is 46.6 Å². The van der Waals surface area contributed by atoms with Gasteiger partial charge >= 0.3 is 0 Å². The fourth-order valence-corrected chi connectivity index (χ4v) is 1.78. The molecular formula is C13H13BrFN3O. The third-order valence-electron chi connectivity index (χ3n) is 2.33. The molecule has 0 unspecified atom stereocenters. The van der Waals surface area contributed by atoms with E-state index in [1.54, 1.807) is 24.5 Å². The molecule has 0 amide bonds. The first-order valence-electron chi connectivity index (χ1n) is 5.81. The van der Waals surface area contributed by atoms with Crippen molar-refractivity contribution in [3.63, 3.8) is 0 Å². The first-order valence-corrected chi connectivity index (χ1v) is 6.61. The van der Waals surface area contributed by atoms with Gasteiger partial charge in [-0.2, -0.15) is 0 Å². The lowest BCUT2D eigenvalue weighted by atomic mass is 10.3. The van der Waals surface area contributed by atoms with Crippen LogP contribution in [0.4, 0.5) is 10.2 Å². The molecule has 0 aliphatic heterocycles. The number of anilines is 1. The zero-order valence-electron chi connectivity index (χ0n) is 10.4. The Morgan fingerprint density at radius 1 is 1.32 bits per heavy atom. The Labute approximate surface area is 119 Å². The predicted octanol–water partition coefficient (Wildman–Crippen LogP) is 3.39. The smallest absolute Gasteiger partial charge is 0.165 e. The summed E-state index contributed by atoms with van der Waals surface area (Å²) in [5.74, 6) is 0.493. The molecule has 0 radical (unpaired) electrons. The number of hydrogen-bond donors (Lipinski definition) is 1. The van der Waals surface area contributed by atoms with Gasteiger partial charge in [0.1, 0.15) is 12.4 Å². The molecular weight excluding hydrogens is 313 g/mol. The topological polar surface area (TPSA) is 47.0 Å². The van der Waals surface area contributed by atoms with E-state index in [4.69, 9.17) is 4.74 Å². The van der Waals surface area contributed by atoms with E-state index in [-0.39, 0.29) is 12.4 Å². The van der Waals surface area contributed by atoms with E-state index in [0.29, 0.717) is 11.5 Å². The van der Waals surface area contributed by atoms with Crippen LogP contribution in [0.3, 0.4) is 0 Å².